The van der Waals surface area contributed by atoms with Crippen molar-refractivity contribution in [1.29, 1.82) is 0 Å². The van der Waals surface area contributed by atoms with Crippen molar-refractivity contribution in [2.45, 2.75) is 13.0 Å². The maximum absolute atomic E-state index is 9.22. The highest BCUT2D eigenvalue weighted by molar-refractivity contribution is 7.80. The van der Waals surface area contributed by atoms with E-state index in [1.807, 2.05) is 6.92 Å². The van der Waals surface area contributed by atoms with Gasteiger partial charge in [0.05, 0.1) is 11.1 Å². The van der Waals surface area contributed by atoms with Gasteiger partial charge in [0.15, 0.2) is 0 Å². The van der Waals surface area contributed by atoms with Gasteiger partial charge < -0.3 is 10.8 Å². The molecule has 1 saturated heterocycles. The molecule has 0 radical (unpaired) electrons. The van der Waals surface area contributed by atoms with Gasteiger partial charge in [-0.05, 0) is 6.92 Å². The van der Waals surface area contributed by atoms with E-state index in [0.29, 0.717) is 4.99 Å². The van der Waals surface area contributed by atoms with Gasteiger partial charge in [-0.2, -0.15) is 0 Å². The maximum Gasteiger partial charge on any atom is 0.0870 e. The minimum absolute atomic E-state index is 0.239. The third-order valence-electron chi connectivity index (χ3n) is 2.37. The molecule has 5 heteroatoms. The van der Waals surface area contributed by atoms with Crippen molar-refractivity contribution in [2.24, 2.45) is 5.73 Å². The van der Waals surface area contributed by atoms with Gasteiger partial charge in [0.1, 0.15) is 0 Å². The first kappa shape index (κ1) is 11.8. The molecular formula is C9H19N3OS. The van der Waals surface area contributed by atoms with Crippen molar-refractivity contribution in [3.8, 4) is 0 Å². The highest BCUT2D eigenvalue weighted by Gasteiger charge is 2.17. The SMILES string of the molecule is CC(O)CN1CCN(CC(N)=S)CC1. The average molecular weight is 217 g/mol. The van der Waals surface area contributed by atoms with E-state index in [2.05, 4.69) is 9.80 Å². The first-order chi connectivity index (χ1) is 6.58. The molecule has 0 aromatic carbocycles. The largest absolute Gasteiger partial charge is 0.392 e. The van der Waals surface area contributed by atoms with Gasteiger partial charge in [0, 0.05) is 39.3 Å². The Morgan fingerprint density at radius 3 is 2.29 bits per heavy atom. The number of rotatable bonds is 4. The number of β-amino-alcohol motifs (C(OH)–C–C–N with tert-alkyl or cyclic N) is 1. The molecule has 0 aromatic rings. The second kappa shape index (κ2) is 5.60. The van der Waals surface area contributed by atoms with E-state index in [-0.39, 0.29) is 6.10 Å². The van der Waals surface area contributed by atoms with Crippen LogP contribution in [-0.2, 0) is 0 Å². The summed E-state index contributed by atoms with van der Waals surface area (Å²) in [5, 5.41) is 9.22. The molecule has 82 valence electrons. The van der Waals surface area contributed by atoms with Crippen molar-refractivity contribution in [3.63, 3.8) is 0 Å². The number of aliphatic hydroxyl groups excluding tert-OH is 1. The molecule has 1 aliphatic heterocycles. The summed E-state index contributed by atoms with van der Waals surface area (Å²) in [6, 6.07) is 0. The Hall–Kier alpha value is -0.230. The zero-order chi connectivity index (χ0) is 10.6. The number of hydrogen-bond acceptors (Lipinski definition) is 4. The molecule has 0 aromatic heterocycles. The number of nitrogens with zero attached hydrogens (tertiary/aromatic N) is 2. The predicted octanol–water partition coefficient (Wildman–Crippen LogP) is -0.729. The van der Waals surface area contributed by atoms with Crippen molar-refractivity contribution in [1.82, 2.24) is 9.80 Å². The fourth-order valence-corrected chi connectivity index (χ4v) is 1.91. The van der Waals surface area contributed by atoms with Crippen LogP contribution in [0.4, 0.5) is 0 Å². The summed E-state index contributed by atoms with van der Waals surface area (Å²) in [6.45, 7) is 7.27. The van der Waals surface area contributed by atoms with Gasteiger partial charge in [0.25, 0.3) is 0 Å². The number of piperazine rings is 1. The lowest BCUT2D eigenvalue weighted by Crippen LogP contribution is -2.49. The fourth-order valence-electron chi connectivity index (χ4n) is 1.72. The van der Waals surface area contributed by atoms with Crippen LogP contribution in [0.25, 0.3) is 0 Å². The second-order valence-electron chi connectivity index (χ2n) is 3.89. The molecule has 0 bridgehead atoms. The molecule has 3 N–H and O–H groups in total. The Morgan fingerprint density at radius 1 is 1.36 bits per heavy atom. The minimum Gasteiger partial charge on any atom is -0.392 e. The second-order valence-corrected chi connectivity index (χ2v) is 4.42. The molecule has 4 nitrogen and oxygen atoms in total. The highest BCUT2D eigenvalue weighted by atomic mass is 32.1. The Morgan fingerprint density at radius 2 is 1.86 bits per heavy atom. The molecule has 1 atom stereocenters. The quantitative estimate of drug-likeness (QED) is 0.608. The number of hydrogen-bond donors (Lipinski definition) is 2. The van der Waals surface area contributed by atoms with Gasteiger partial charge in [-0.1, -0.05) is 12.2 Å². The van der Waals surface area contributed by atoms with E-state index in [1.165, 1.54) is 0 Å². The van der Waals surface area contributed by atoms with Crippen LogP contribution in [0, 0.1) is 0 Å². The first-order valence-corrected chi connectivity index (χ1v) is 5.40. The van der Waals surface area contributed by atoms with Crippen LogP contribution in [0.1, 0.15) is 6.92 Å². The molecule has 14 heavy (non-hydrogen) atoms. The first-order valence-electron chi connectivity index (χ1n) is 4.99. The van der Waals surface area contributed by atoms with Gasteiger partial charge in [0.2, 0.25) is 0 Å². The Labute approximate surface area is 90.7 Å². The molecule has 1 rings (SSSR count). The third kappa shape index (κ3) is 4.32. The van der Waals surface area contributed by atoms with Crippen LogP contribution >= 0.6 is 12.2 Å². The Kier molecular flexibility index (Phi) is 4.74. The minimum atomic E-state index is -0.239. The van der Waals surface area contributed by atoms with Crippen LogP contribution in [0.15, 0.2) is 0 Å². The van der Waals surface area contributed by atoms with Gasteiger partial charge in [-0.25, -0.2) is 0 Å². The summed E-state index contributed by atoms with van der Waals surface area (Å²) in [4.78, 5) is 5.08. The zero-order valence-corrected chi connectivity index (χ0v) is 9.46. The third-order valence-corrected chi connectivity index (χ3v) is 2.50. The van der Waals surface area contributed by atoms with Crippen molar-refractivity contribution >= 4 is 17.2 Å². The Balaban J connectivity index is 2.21. The smallest absolute Gasteiger partial charge is 0.0870 e. The summed E-state index contributed by atoms with van der Waals surface area (Å²) in [5.41, 5.74) is 5.47. The molecule has 0 saturated carbocycles. The van der Waals surface area contributed by atoms with E-state index in [9.17, 15) is 5.11 Å². The Bertz CT molecular complexity index is 190. The van der Waals surface area contributed by atoms with Crippen molar-refractivity contribution < 1.29 is 5.11 Å². The van der Waals surface area contributed by atoms with Crippen LogP contribution in [0.3, 0.4) is 0 Å². The molecular weight excluding hydrogens is 198 g/mol. The highest BCUT2D eigenvalue weighted by Crippen LogP contribution is 2.02. The topological polar surface area (TPSA) is 52.7 Å². The fraction of sp³-hybridized carbons (Fsp3) is 0.889. The lowest BCUT2D eigenvalue weighted by molar-refractivity contribution is 0.0865. The van der Waals surface area contributed by atoms with Crippen LogP contribution < -0.4 is 5.73 Å². The van der Waals surface area contributed by atoms with Gasteiger partial charge >= 0.3 is 0 Å². The average Bonchev–Trinajstić information content (AvgIpc) is 2.06. The predicted molar refractivity (Wildman–Crippen MR) is 61.3 cm³/mol. The number of thiocarbonyl (C=S) groups is 1. The number of aliphatic hydroxyl groups is 1. The van der Waals surface area contributed by atoms with Crippen molar-refractivity contribution in [2.75, 3.05) is 39.3 Å². The summed E-state index contributed by atoms with van der Waals surface area (Å²) in [6.07, 6.45) is -0.239. The molecule has 0 spiro atoms. The van der Waals surface area contributed by atoms with Gasteiger partial charge in [-0.3, -0.25) is 9.80 Å². The molecule has 1 aliphatic rings. The van der Waals surface area contributed by atoms with E-state index >= 15 is 0 Å². The van der Waals surface area contributed by atoms with Crippen LogP contribution in [0.5, 0.6) is 0 Å². The normalized spacial score (nSPS) is 22.1. The summed E-state index contributed by atoms with van der Waals surface area (Å²) in [7, 11) is 0. The van der Waals surface area contributed by atoms with E-state index in [4.69, 9.17) is 18.0 Å². The molecule has 1 unspecified atom stereocenters. The van der Waals surface area contributed by atoms with E-state index in [1.54, 1.807) is 0 Å². The summed E-state index contributed by atoms with van der Waals surface area (Å²) in [5.74, 6) is 0. The molecule has 1 fully saturated rings. The maximum atomic E-state index is 9.22. The molecule has 0 amide bonds. The van der Waals surface area contributed by atoms with Crippen LogP contribution in [-0.4, -0.2) is 65.3 Å². The van der Waals surface area contributed by atoms with Crippen LogP contribution in [0.2, 0.25) is 0 Å². The lowest BCUT2D eigenvalue weighted by Gasteiger charge is -2.34. The van der Waals surface area contributed by atoms with E-state index < -0.39 is 0 Å². The zero-order valence-electron chi connectivity index (χ0n) is 8.65. The summed E-state index contributed by atoms with van der Waals surface area (Å²) < 4.78 is 0. The standard InChI is InChI=1S/C9H19N3OS/c1-8(13)6-11-2-4-12(5-3-11)7-9(10)14/h8,13H,2-7H2,1H3,(H2,10,14). The monoisotopic (exact) mass is 217 g/mol. The van der Waals surface area contributed by atoms with E-state index in [0.717, 1.165) is 39.3 Å². The summed E-state index contributed by atoms with van der Waals surface area (Å²) >= 11 is 4.86. The lowest BCUT2D eigenvalue weighted by atomic mass is 10.3. The number of nitrogens with two attached hydrogens (primary N) is 1. The molecule has 0 aliphatic carbocycles. The van der Waals surface area contributed by atoms with Gasteiger partial charge in [-0.15, -0.1) is 0 Å². The molecule has 1 heterocycles. The van der Waals surface area contributed by atoms with Crippen molar-refractivity contribution in [3.05, 3.63) is 0 Å².